The van der Waals surface area contributed by atoms with Crippen LogP contribution in [0.15, 0.2) is 0 Å². The first kappa shape index (κ1) is 14.4. The van der Waals surface area contributed by atoms with Crippen LogP contribution in [0.5, 0.6) is 0 Å². The lowest BCUT2D eigenvalue weighted by Crippen LogP contribution is -2.75. The van der Waals surface area contributed by atoms with Crippen LogP contribution < -0.4 is 11.5 Å². The number of carbonyl (C=O) groups is 1. The molecule has 0 aromatic heterocycles. The summed E-state index contributed by atoms with van der Waals surface area (Å²) < 4.78 is 5.09. The van der Waals surface area contributed by atoms with Gasteiger partial charge in [0.15, 0.2) is 0 Å². The highest BCUT2D eigenvalue weighted by molar-refractivity contribution is 5.83. The van der Waals surface area contributed by atoms with Crippen LogP contribution in [0, 0.1) is 11.8 Å². The number of likely N-dealkylation sites (tertiary alicyclic amines) is 1. The van der Waals surface area contributed by atoms with Crippen molar-refractivity contribution >= 4 is 5.91 Å². The van der Waals surface area contributed by atoms with Crippen LogP contribution in [0.3, 0.4) is 0 Å². The molecule has 1 fully saturated rings. The fraction of sp³-hybridized carbons (Fsp3) is 0.917. The second-order valence-electron chi connectivity index (χ2n) is 5.24. The molecule has 1 heterocycles. The highest BCUT2D eigenvalue weighted by atomic mass is 16.5. The molecule has 4 atom stereocenters. The number of rotatable bonds is 5. The van der Waals surface area contributed by atoms with Gasteiger partial charge in [-0.3, -0.25) is 4.79 Å². The first-order valence-electron chi connectivity index (χ1n) is 6.21. The molecule has 0 aromatic rings. The normalized spacial score (nSPS) is 31.9. The summed E-state index contributed by atoms with van der Waals surface area (Å²) in [6.07, 6.45) is 0.892. The zero-order valence-corrected chi connectivity index (χ0v) is 11.3. The van der Waals surface area contributed by atoms with Gasteiger partial charge in [0.1, 0.15) is 0 Å². The molecule has 1 aliphatic rings. The predicted molar refractivity (Wildman–Crippen MR) is 67.1 cm³/mol. The van der Waals surface area contributed by atoms with Gasteiger partial charge in [0.2, 0.25) is 5.91 Å². The molecule has 0 radical (unpaired) electrons. The molecule has 5 nitrogen and oxygen atoms in total. The van der Waals surface area contributed by atoms with Gasteiger partial charge in [-0.25, -0.2) is 0 Å². The van der Waals surface area contributed by atoms with E-state index in [2.05, 4.69) is 0 Å². The smallest absolute Gasteiger partial charge is 0.241 e. The first-order chi connectivity index (χ1) is 7.86. The first-order valence-corrected chi connectivity index (χ1v) is 6.21. The number of nitrogens with two attached hydrogens (primary N) is 2. The number of nitrogens with zero attached hydrogens (tertiary/aromatic N) is 1. The summed E-state index contributed by atoms with van der Waals surface area (Å²) >= 11 is 0. The Kier molecular flexibility index (Phi) is 4.52. The van der Waals surface area contributed by atoms with E-state index in [-0.39, 0.29) is 17.7 Å². The summed E-state index contributed by atoms with van der Waals surface area (Å²) in [6.45, 7) is 7.10. The maximum atomic E-state index is 12.2. The van der Waals surface area contributed by atoms with Crippen LogP contribution in [-0.2, 0) is 9.53 Å². The summed E-state index contributed by atoms with van der Waals surface area (Å²) in [5.74, 6) is 0.331. The number of hydrogen-bond donors (Lipinski definition) is 2. The lowest BCUT2D eigenvalue weighted by Gasteiger charge is -2.55. The standard InChI is InChI=1S/C12H25N3O2/c1-5-8(2)10(13)11(16)15-6-9(7-17-4)12(15,3)14/h8-10H,5-7,13-14H2,1-4H3. The van der Waals surface area contributed by atoms with Crippen molar-refractivity contribution in [2.24, 2.45) is 23.3 Å². The molecule has 100 valence electrons. The molecule has 1 aliphatic heterocycles. The Bertz CT molecular complexity index is 281. The van der Waals surface area contributed by atoms with Gasteiger partial charge in [-0.2, -0.15) is 0 Å². The monoisotopic (exact) mass is 243 g/mol. The van der Waals surface area contributed by atoms with E-state index in [1.807, 2.05) is 20.8 Å². The van der Waals surface area contributed by atoms with Gasteiger partial charge >= 0.3 is 0 Å². The van der Waals surface area contributed by atoms with Gasteiger partial charge in [0.05, 0.1) is 18.3 Å². The lowest BCUT2D eigenvalue weighted by molar-refractivity contribution is -0.161. The Morgan fingerprint density at radius 2 is 2.24 bits per heavy atom. The second-order valence-corrected chi connectivity index (χ2v) is 5.24. The SMILES string of the molecule is CCC(C)C(N)C(=O)N1CC(COC)C1(C)N. The second kappa shape index (κ2) is 5.33. The summed E-state index contributed by atoms with van der Waals surface area (Å²) in [7, 11) is 1.64. The highest BCUT2D eigenvalue weighted by Crippen LogP contribution is 2.32. The Hall–Kier alpha value is -0.650. The van der Waals surface area contributed by atoms with E-state index in [0.29, 0.717) is 13.2 Å². The molecular weight excluding hydrogens is 218 g/mol. The summed E-state index contributed by atoms with van der Waals surface area (Å²) in [5.41, 5.74) is 11.5. The fourth-order valence-corrected chi connectivity index (χ4v) is 2.14. The highest BCUT2D eigenvalue weighted by Gasteiger charge is 2.50. The Balaban J connectivity index is 2.62. The zero-order chi connectivity index (χ0) is 13.2. The molecule has 5 heteroatoms. The van der Waals surface area contributed by atoms with Crippen LogP contribution >= 0.6 is 0 Å². The van der Waals surface area contributed by atoms with Crippen molar-refractivity contribution in [3.63, 3.8) is 0 Å². The third-order valence-corrected chi connectivity index (χ3v) is 3.99. The van der Waals surface area contributed by atoms with Crippen molar-refractivity contribution in [2.75, 3.05) is 20.3 Å². The van der Waals surface area contributed by atoms with Gasteiger partial charge in [-0.15, -0.1) is 0 Å². The summed E-state index contributed by atoms with van der Waals surface area (Å²) in [6, 6.07) is -0.452. The van der Waals surface area contributed by atoms with Crippen LogP contribution in [0.1, 0.15) is 27.2 Å². The Labute approximate surface area is 103 Å². The van der Waals surface area contributed by atoms with Crippen molar-refractivity contribution < 1.29 is 9.53 Å². The molecular formula is C12H25N3O2. The van der Waals surface area contributed by atoms with Crippen LogP contribution in [0.25, 0.3) is 0 Å². The predicted octanol–water partition coefficient (Wildman–Crippen LogP) is 0.140. The van der Waals surface area contributed by atoms with E-state index in [1.54, 1.807) is 12.0 Å². The molecule has 0 saturated carbocycles. The Morgan fingerprint density at radius 1 is 1.65 bits per heavy atom. The number of ether oxygens (including phenoxy) is 1. The van der Waals surface area contributed by atoms with Crippen molar-refractivity contribution in [3.8, 4) is 0 Å². The van der Waals surface area contributed by atoms with Gasteiger partial charge < -0.3 is 21.1 Å². The lowest BCUT2D eigenvalue weighted by atomic mass is 9.82. The van der Waals surface area contributed by atoms with Crippen LogP contribution in [-0.4, -0.2) is 42.8 Å². The maximum absolute atomic E-state index is 12.2. The Morgan fingerprint density at radius 3 is 2.65 bits per heavy atom. The van der Waals surface area contributed by atoms with E-state index in [0.717, 1.165) is 6.42 Å². The molecule has 4 unspecified atom stereocenters. The molecule has 4 N–H and O–H groups in total. The number of hydrogen-bond acceptors (Lipinski definition) is 4. The number of amides is 1. The van der Waals surface area contributed by atoms with Crippen molar-refractivity contribution in [1.82, 2.24) is 4.90 Å². The molecule has 1 amide bonds. The minimum atomic E-state index is -0.627. The number of methoxy groups -OCH3 is 1. The topological polar surface area (TPSA) is 81.6 Å². The van der Waals surface area contributed by atoms with E-state index in [9.17, 15) is 4.79 Å². The molecule has 17 heavy (non-hydrogen) atoms. The average molecular weight is 243 g/mol. The third kappa shape index (κ3) is 2.61. The van der Waals surface area contributed by atoms with Gasteiger partial charge in [-0.1, -0.05) is 20.3 Å². The molecule has 0 aromatic carbocycles. The third-order valence-electron chi connectivity index (χ3n) is 3.99. The van der Waals surface area contributed by atoms with E-state index in [1.165, 1.54) is 0 Å². The van der Waals surface area contributed by atoms with E-state index >= 15 is 0 Å². The van der Waals surface area contributed by atoms with E-state index < -0.39 is 11.7 Å². The van der Waals surface area contributed by atoms with Gasteiger partial charge in [-0.05, 0) is 12.8 Å². The fourth-order valence-electron chi connectivity index (χ4n) is 2.14. The number of carbonyl (C=O) groups excluding carboxylic acids is 1. The van der Waals surface area contributed by atoms with Crippen LogP contribution in [0.2, 0.25) is 0 Å². The van der Waals surface area contributed by atoms with Gasteiger partial charge in [0.25, 0.3) is 0 Å². The minimum absolute atomic E-state index is 0.0447. The van der Waals surface area contributed by atoms with Gasteiger partial charge in [0, 0.05) is 19.6 Å². The average Bonchev–Trinajstić information content (AvgIpc) is 2.31. The summed E-state index contributed by atoms with van der Waals surface area (Å²) in [5, 5.41) is 0. The molecule has 1 rings (SSSR count). The van der Waals surface area contributed by atoms with E-state index in [4.69, 9.17) is 16.2 Å². The maximum Gasteiger partial charge on any atom is 0.241 e. The van der Waals surface area contributed by atoms with Crippen LogP contribution in [0.4, 0.5) is 0 Å². The van der Waals surface area contributed by atoms with Crippen molar-refractivity contribution in [3.05, 3.63) is 0 Å². The van der Waals surface area contributed by atoms with Crippen molar-refractivity contribution in [1.29, 1.82) is 0 Å². The largest absolute Gasteiger partial charge is 0.384 e. The minimum Gasteiger partial charge on any atom is -0.384 e. The zero-order valence-electron chi connectivity index (χ0n) is 11.3. The van der Waals surface area contributed by atoms with Crippen molar-refractivity contribution in [2.45, 2.75) is 38.9 Å². The summed E-state index contributed by atoms with van der Waals surface area (Å²) in [4.78, 5) is 13.8. The quantitative estimate of drug-likeness (QED) is 0.719. The molecule has 0 aliphatic carbocycles. The molecule has 0 bridgehead atoms. The molecule has 0 spiro atoms. The molecule has 1 saturated heterocycles.